The lowest BCUT2D eigenvalue weighted by Crippen LogP contribution is -1.92. The van der Waals surface area contributed by atoms with E-state index in [2.05, 4.69) is 10.2 Å². The monoisotopic (exact) mass is 300 g/mol. The zero-order valence-corrected chi connectivity index (χ0v) is 12.5. The first-order chi connectivity index (χ1) is 10.4. The first-order valence-electron chi connectivity index (χ1n) is 6.53. The van der Waals surface area contributed by atoms with Crippen LogP contribution < -0.4 is 10.5 Å². The Morgan fingerprint density at radius 2 is 1.82 bits per heavy atom. The molecule has 0 saturated carbocycles. The van der Waals surface area contributed by atoms with Gasteiger partial charge in [0.15, 0.2) is 5.69 Å². The minimum Gasteiger partial charge on any atom is -0.494 e. The van der Waals surface area contributed by atoms with E-state index in [1.54, 1.807) is 31.2 Å². The largest absolute Gasteiger partial charge is 0.494 e. The molecule has 0 atom stereocenters. The number of benzene rings is 2. The van der Waals surface area contributed by atoms with Gasteiger partial charge in [-0.25, -0.2) is 0 Å². The number of nitrogens with zero attached hydrogens (tertiary/aromatic N) is 3. The Balaban J connectivity index is 2.45. The predicted octanol–water partition coefficient (Wildman–Crippen LogP) is 4.22. The van der Waals surface area contributed by atoms with Gasteiger partial charge >= 0.3 is 0 Å². The smallest absolute Gasteiger partial charge is 0.296 e. The van der Waals surface area contributed by atoms with Crippen molar-refractivity contribution in [2.24, 2.45) is 10.2 Å². The molecule has 22 heavy (non-hydrogen) atoms. The van der Waals surface area contributed by atoms with Gasteiger partial charge in [-0.05, 0) is 37.1 Å². The molecule has 2 aromatic carbocycles. The number of aryl methyl sites for hydroxylation is 2. The summed E-state index contributed by atoms with van der Waals surface area (Å²) in [6.07, 6.45) is 0. The SMILES string of the molecule is COc1cc(N)c(C)cc1N=Nc1ccc(C)cc1[N+](=O)[O-]. The molecule has 0 unspecified atom stereocenters. The Bertz CT molecular complexity index is 757. The quantitative estimate of drug-likeness (QED) is 0.395. The van der Waals surface area contributed by atoms with Crippen molar-refractivity contribution in [1.29, 1.82) is 0 Å². The summed E-state index contributed by atoms with van der Waals surface area (Å²) >= 11 is 0. The van der Waals surface area contributed by atoms with Crippen molar-refractivity contribution < 1.29 is 9.66 Å². The molecular formula is C15H16N4O3. The molecule has 0 fully saturated rings. The van der Waals surface area contributed by atoms with E-state index >= 15 is 0 Å². The Kier molecular flexibility index (Phi) is 4.36. The minimum atomic E-state index is -0.479. The second kappa shape index (κ2) is 6.21. The van der Waals surface area contributed by atoms with Crippen LogP contribution in [0.25, 0.3) is 0 Å². The molecule has 0 aliphatic carbocycles. The molecule has 0 amide bonds. The number of azo groups is 1. The predicted molar refractivity (Wildman–Crippen MR) is 84.2 cm³/mol. The van der Waals surface area contributed by atoms with Crippen LogP contribution in [0.15, 0.2) is 40.6 Å². The molecule has 0 aliphatic heterocycles. The molecule has 0 radical (unpaired) electrons. The average Bonchev–Trinajstić information content (AvgIpc) is 2.48. The van der Waals surface area contributed by atoms with Gasteiger partial charge in [-0.3, -0.25) is 10.1 Å². The van der Waals surface area contributed by atoms with Crippen LogP contribution in [0.5, 0.6) is 5.75 Å². The third kappa shape index (κ3) is 3.20. The second-order valence-corrected chi connectivity index (χ2v) is 4.83. The van der Waals surface area contributed by atoms with E-state index in [0.717, 1.165) is 11.1 Å². The number of nitro groups is 1. The summed E-state index contributed by atoms with van der Waals surface area (Å²) in [6, 6.07) is 8.13. The van der Waals surface area contributed by atoms with Gasteiger partial charge in [-0.15, -0.1) is 10.2 Å². The molecule has 0 heterocycles. The van der Waals surface area contributed by atoms with Crippen LogP contribution in [-0.2, 0) is 0 Å². The number of hydrogen-bond acceptors (Lipinski definition) is 6. The van der Waals surface area contributed by atoms with Crippen LogP contribution in [0, 0.1) is 24.0 Å². The Hall–Kier alpha value is -2.96. The molecule has 0 saturated heterocycles. The summed E-state index contributed by atoms with van der Waals surface area (Å²) in [4.78, 5) is 10.6. The first-order valence-corrected chi connectivity index (χ1v) is 6.53. The Morgan fingerprint density at radius 3 is 2.45 bits per heavy atom. The zero-order valence-electron chi connectivity index (χ0n) is 12.5. The maximum Gasteiger partial charge on any atom is 0.296 e. The van der Waals surface area contributed by atoms with Crippen molar-refractivity contribution in [3.8, 4) is 5.75 Å². The number of rotatable bonds is 4. The van der Waals surface area contributed by atoms with E-state index in [4.69, 9.17) is 10.5 Å². The maximum atomic E-state index is 11.1. The van der Waals surface area contributed by atoms with Crippen molar-refractivity contribution in [2.45, 2.75) is 13.8 Å². The fraction of sp³-hybridized carbons (Fsp3) is 0.200. The number of anilines is 1. The van der Waals surface area contributed by atoms with E-state index in [9.17, 15) is 10.1 Å². The van der Waals surface area contributed by atoms with E-state index in [0.29, 0.717) is 17.1 Å². The van der Waals surface area contributed by atoms with E-state index in [-0.39, 0.29) is 11.4 Å². The average molecular weight is 300 g/mol. The van der Waals surface area contributed by atoms with Crippen LogP contribution in [0.2, 0.25) is 0 Å². The van der Waals surface area contributed by atoms with Crippen LogP contribution in [0.3, 0.4) is 0 Å². The normalized spacial score (nSPS) is 10.9. The fourth-order valence-electron chi connectivity index (χ4n) is 1.90. The Morgan fingerprint density at radius 1 is 1.14 bits per heavy atom. The van der Waals surface area contributed by atoms with Gasteiger partial charge in [0, 0.05) is 17.8 Å². The number of methoxy groups -OCH3 is 1. The summed E-state index contributed by atoms with van der Waals surface area (Å²) < 4.78 is 5.20. The van der Waals surface area contributed by atoms with Gasteiger partial charge in [0.2, 0.25) is 0 Å². The van der Waals surface area contributed by atoms with E-state index in [1.807, 2.05) is 6.92 Å². The van der Waals surface area contributed by atoms with Crippen molar-refractivity contribution in [3.63, 3.8) is 0 Å². The highest BCUT2D eigenvalue weighted by Gasteiger charge is 2.14. The van der Waals surface area contributed by atoms with Gasteiger partial charge in [0.1, 0.15) is 11.4 Å². The van der Waals surface area contributed by atoms with Crippen LogP contribution in [-0.4, -0.2) is 12.0 Å². The highest BCUT2D eigenvalue weighted by atomic mass is 16.6. The molecule has 2 aromatic rings. The molecular weight excluding hydrogens is 284 g/mol. The van der Waals surface area contributed by atoms with E-state index < -0.39 is 4.92 Å². The fourth-order valence-corrected chi connectivity index (χ4v) is 1.90. The van der Waals surface area contributed by atoms with Gasteiger partial charge < -0.3 is 10.5 Å². The van der Waals surface area contributed by atoms with Crippen molar-refractivity contribution >= 4 is 22.7 Å². The van der Waals surface area contributed by atoms with Gasteiger partial charge in [-0.1, -0.05) is 6.07 Å². The third-order valence-electron chi connectivity index (χ3n) is 3.16. The van der Waals surface area contributed by atoms with Crippen LogP contribution in [0.4, 0.5) is 22.7 Å². The lowest BCUT2D eigenvalue weighted by molar-refractivity contribution is -0.384. The molecule has 2 N–H and O–H groups in total. The lowest BCUT2D eigenvalue weighted by Gasteiger charge is -2.07. The number of nitrogens with two attached hydrogens (primary N) is 1. The standard InChI is InChI=1S/C15H16N4O3/c1-9-4-5-12(14(6-9)19(20)21)17-18-13-7-10(2)11(16)8-15(13)22-3/h4-8H,16H2,1-3H3. The van der Waals surface area contributed by atoms with Crippen molar-refractivity contribution in [2.75, 3.05) is 12.8 Å². The number of nitro benzene ring substituents is 1. The highest BCUT2D eigenvalue weighted by molar-refractivity contribution is 5.64. The Labute approximate surface area is 127 Å². The molecule has 114 valence electrons. The minimum absolute atomic E-state index is 0.0881. The molecule has 2 rings (SSSR count). The van der Waals surface area contributed by atoms with Gasteiger partial charge in [-0.2, -0.15) is 0 Å². The maximum absolute atomic E-state index is 11.1. The lowest BCUT2D eigenvalue weighted by atomic mass is 10.1. The summed E-state index contributed by atoms with van der Waals surface area (Å²) in [6.45, 7) is 3.61. The number of ether oxygens (including phenoxy) is 1. The zero-order chi connectivity index (χ0) is 16.3. The molecule has 0 aromatic heterocycles. The first kappa shape index (κ1) is 15.4. The topological polar surface area (TPSA) is 103 Å². The molecule has 0 bridgehead atoms. The summed E-state index contributed by atoms with van der Waals surface area (Å²) in [5.74, 6) is 0.460. The highest BCUT2D eigenvalue weighted by Crippen LogP contribution is 2.35. The third-order valence-corrected chi connectivity index (χ3v) is 3.16. The molecule has 0 spiro atoms. The van der Waals surface area contributed by atoms with Gasteiger partial charge in [0.25, 0.3) is 5.69 Å². The molecule has 7 nitrogen and oxygen atoms in total. The molecule has 7 heteroatoms. The second-order valence-electron chi connectivity index (χ2n) is 4.83. The summed E-state index contributed by atoms with van der Waals surface area (Å²) in [7, 11) is 1.50. The van der Waals surface area contributed by atoms with Crippen LogP contribution >= 0.6 is 0 Å². The van der Waals surface area contributed by atoms with Crippen molar-refractivity contribution in [3.05, 3.63) is 51.6 Å². The summed E-state index contributed by atoms with van der Waals surface area (Å²) in [5.41, 5.74) is 8.56. The van der Waals surface area contributed by atoms with E-state index in [1.165, 1.54) is 13.2 Å². The summed E-state index contributed by atoms with van der Waals surface area (Å²) in [5, 5.41) is 19.1. The molecule has 0 aliphatic rings. The van der Waals surface area contributed by atoms with Gasteiger partial charge in [0.05, 0.1) is 12.0 Å². The number of hydrogen-bond donors (Lipinski definition) is 1. The van der Waals surface area contributed by atoms with Crippen molar-refractivity contribution in [1.82, 2.24) is 0 Å². The van der Waals surface area contributed by atoms with Crippen LogP contribution in [0.1, 0.15) is 11.1 Å². The number of nitrogen functional groups attached to an aromatic ring is 1.